The smallest absolute Gasteiger partial charge is 0.189 e. The summed E-state index contributed by atoms with van der Waals surface area (Å²) in [6.07, 6.45) is 0. The van der Waals surface area contributed by atoms with Gasteiger partial charge in [-0.3, -0.25) is 0 Å². The van der Waals surface area contributed by atoms with Crippen LogP contribution >= 0.6 is 0 Å². The minimum absolute atomic E-state index is 0.265. The van der Waals surface area contributed by atoms with Gasteiger partial charge in [-0.25, -0.2) is 29.3 Å². The van der Waals surface area contributed by atoms with E-state index >= 15 is 0 Å². The van der Waals surface area contributed by atoms with Gasteiger partial charge in [-0.1, -0.05) is 48.5 Å². The standard InChI is InChI=1S/C69H33N13/c1-39-15-40(2)80-69(79-39)68-66(81-62-30-46(50-16-41(34-70)20-54(26-50)75-3)7-11-58(62)59-12-8-47(31-63(59)81)51-17-42(35-71)21-55(27-51)76-4)24-45(38-74)25-67(68)82-64-32-48(52-18-43(36-72)22-56(28-52)77-5)9-13-60(64)61-14-10-49(33-65(61)82)53-19-44(37-73)23-57(29-53)78-6/h7-33H,1-2H3. The van der Waals surface area contributed by atoms with E-state index in [4.69, 9.17) is 36.3 Å². The number of fused-ring (bicyclic) bond motifs is 6. The Hall–Kier alpha value is -12.9. The van der Waals surface area contributed by atoms with E-state index < -0.39 is 0 Å². The van der Waals surface area contributed by atoms with Crippen molar-refractivity contribution in [2.24, 2.45) is 0 Å². The molecule has 0 aliphatic carbocycles. The van der Waals surface area contributed by atoms with Crippen molar-refractivity contribution in [1.29, 1.82) is 26.3 Å². The van der Waals surface area contributed by atoms with Crippen LogP contribution in [-0.2, 0) is 0 Å². The molecule has 0 amide bonds. The Labute approximate surface area is 469 Å². The van der Waals surface area contributed by atoms with E-state index in [0.717, 1.165) is 21.5 Å². The van der Waals surface area contributed by atoms with E-state index in [1.807, 2.05) is 105 Å². The van der Waals surface area contributed by atoms with Crippen molar-refractivity contribution in [3.8, 4) is 97.6 Å². The van der Waals surface area contributed by atoms with E-state index in [-0.39, 0.29) is 5.56 Å². The van der Waals surface area contributed by atoms with Gasteiger partial charge in [0.25, 0.3) is 0 Å². The van der Waals surface area contributed by atoms with Crippen molar-refractivity contribution in [3.05, 3.63) is 249 Å². The topological polar surface area (TPSA) is 172 Å². The third kappa shape index (κ3) is 8.55. The summed E-state index contributed by atoms with van der Waals surface area (Å²) in [6.45, 7) is 35.3. The lowest BCUT2D eigenvalue weighted by atomic mass is 9.99. The molecular weight excluding hydrogens is 1010 g/mol. The summed E-state index contributed by atoms with van der Waals surface area (Å²) in [7, 11) is 0. The molecule has 0 aliphatic rings. The predicted octanol–water partition coefficient (Wildman–Crippen LogP) is 17.2. The molecule has 0 unspecified atom stereocenters. The number of aromatic nitrogens is 4. The zero-order valence-electron chi connectivity index (χ0n) is 43.4. The molecule has 0 bridgehead atoms. The van der Waals surface area contributed by atoms with Crippen LogP contribution < -0.4 is 0 Å². The molecule has 0 N–H and O–H groups in total. The van der Waals surface area contributed by atoms with E-state index in [1.54, 1.807) is 72.8 Å². The lowest BCUT2D eigenvalue weighted by Gasteiger charge is -2.21. The first-order valence-corrected chi connectivity index (χ1v) is 25.3. The minimum atomic E-state index is 0.265. The number of nitriles is 5. The highest BCUT2D eigenvalue weighted by atomic mass is 15.0. The molecule has 3 heterocycles. The predicted molar refractivity (Wildman–Crippen MR) is 316 cm³/mol. The van der Waals surface area contributed by atoms with Crippen LogP contribution in [0.25, 0.3) is 130 Å². The molecule has 0 saturated carbocycles. The number of benzene rings is 9. The molecule has 0 atom stereocenters. The second kappa shape index (κ2) is 19.9. The fraction of sp³-hybridized carbons (Fsp3) is 0.0290. The Morgan fingerprint density at radius 3 is 0.854 bits per heavy atom. The van der Waals surface area contributed by atoms with Gasteiger partial charge in [0.15, 0.2) is 28.6 Å². The lowest BCUT2D eigenvalue weighted by molar-refractivity contribution is 1.04. The van der Waals surface area contributed by atoms with Crippen LogP contribution in [0.3, 0.4) is 0 Å². The van der Waals surface area contributed by atoms with Crippen LogP contribution in [0.5, 0.6) is 0 Å². The number of rotatable bonds is 7. The highest BCUT2D eigenvalue weighted by Gasteiger charge is 2.27. The SMILES string of the molecule is [C-]#[N+]c1cc(C#N)cc(-c2ccc3c4ccc(-c5cc(C#N)cc([N+]#[C-])c5)cc4n(-c4cc(C#N)cc(-n5c6cc(-c7cc(C#N)cc([N+]#[C-])c7)ccc6c6ccc(-c7cc(C#N)cc([N+]#[C-])c7)cc65)c4-c4nc(C)cc(C)n4)c3c2)c1. The molecule has 12 aromatic rings. The molecule has 13 nitrogen and oxygen atoms in total. The van der Waals surface area contributed by atoms with Gasteiger partial charge < -0.3 is 9.13 Å². The van der Waals surface area contributed by atoms with E-state index in [9.17, 15) is 26.3 Å². The van der Waals surface area contributed by atoms with Crippen LogP contribution in [0.4, 0.5) is 22.7 Å². The summed E-state index contributed by atoms with van der Waals surface area (Å²) >= 11 is 0. The Morgan fingerprint density at radius 1 is 0.329 bits per heavy atom. The number of aryl methyl sites for hydroxylation is 2. The van der Waals surface area contributed by atoms with Crippen LogP contribution in [0.1, 0.15) is 39.2 Å². The second-order valence-electron chi connectivity index (χ2n) is 19.5. The van der Waals surface area contributed by atoms with Gasteiger partial charge in [-0.2, -0.15) is 26.3 Å². The summed E-state index contributed by atoms with van der Waals surface area (Å²) in [6, 6.07) is 60.6. The largest absolute Gasteiger partial charge is 0.308 e. The average molecular weight is 1040 g/mol. The highest BCUT2D eigenvalue weighted by Crippen LogP contribution is 2.46. The van der Waals surface area contributed by atoms with Crippen molar-refractivity contribution in [1.82, 2.24) is 19.1 Å². The molecule has 9 aromatic carbocycles. The maximum absolute atomic E-state index is 11.3. The number of nitrogens with zero attached hydrogens (tertiary/aromatic N) is 13. The molecule has 13 heteroatoms. The molecular formula is C69H33N13. The third-order valence-electron chi connectivity index (χ3n) is 14.5. The third-order valence-corrected chi connectivity index (χ3v) is 14.5. The molecule has 374 valence electrons. The summed E-state index contributed by atoms with van der Waals surface area (Å²) in [5, 5.41) is 55.0. The average Bonchev–Trinajstić information content (AvgIpc) is 2.84. The molecule has 3 aromatic heterocycles. The Morgan fingerprint density at radius 2 is 0.598 bits per heavy atom. The zero-order valence-corrected chi connectivity index (χ0v) is 43.4. The van der Waals surface area contributed by atoms with Crippen molar-refractivity contribution in [2.45, 2.75) is 13.8 Å². The minimum Gasteiger partial charge on any atom is -0.308 e. The normalized spacial score (nSPS) is 10.7. The van der Waals surface area contributed by atoms with Gasteiger partial charge in [0.2, 0.25) is 0 Å². The fourth-order valence-corrected chi connectivity index (χ4v) is 11.0. The molecule has 82 heavy (non-hydrogen) atoms. The maximum Gasteiger partial charge on any atom is 0.189 e. The van der Waals surface area contributed by atoms with Crippen LogP contribution in [0, 0.1) is 96.8 Å². The molecule has 0 radical (unpaired) electrons. The first-order valence-electron chi connectivity index (χ1n) is 25.3. The Bertz CT molecular complexity index is 4550. The molecule has 0 aliphatic heterocycles. The fourth-order valence-electron chi connectivity index (χ4n) is 11.0. The quantitative estimate of drug-likeness (QED) is 0.143. The second-order valence-corrected chi connectivity index (χ2v) is 19.5. The summed E-state index contributed by atoms with van der Waals surface area (Å²) < 4.78 is 4.13. The first-order chi connectivity index (χ1) is 39.9. The summed E-state index contributed by atoms with van der Waals surface area (Å²) in [5.41, 5.74) is 13.7. The van der Waals surface area contributed by atoms with E-state index in [2.05, 4.69) is 58.9 Å². The van der Waals surface area contributed by atoms with Gasteiger partial charge in [0.1, 0.15) is 0 Å². The van der Waals surface area contributed by atoms with Crippen LogP contribution in [0.2, 0.25) is 0 Å². The van der Waals surface area contributed by atoms with Crippen molar-refractivity contribution in [2.75, 3.05) is 0 Å². The molecule has 12 rings (SSSR count). The van der Waals surface area contributed by atoms with Gasteiger partial charge in [0.05, 0.1) is 101 Å². The van der Waals surface area contributed by atoms with E-state index in [1.165, 1.54) is 0 Å². The lowest BCUT2D eigenvalue weighted by Crippen LogP contribution is -2.08. The van der Waals surface area contributed by atoms with Gasteiger partial charge in [-0.15, -0.1) is 0 Å². The number of hydrogen-bond acceptors (Lipinski definition) is 7. The molecule has 0 spiro atoms. The first kappa shape index (κ1) is 49.9. The van der Waals surface area contributed by atoms with Crippen LogP contribution in [-0.4, -0.2) is 19.1 Å². The summed E-state index contributed by atoms with van der Waals surface area (Å²) in [5.74, 6) is 0.329. The van der Waals surface area contributed by atoms with Gasteiger partial charge >= 0.3 is 0 Å². The zero-order chi connectivity index (χ0) is 56.9. The van der Waals surface area contributed by atoms with E-state index in [0.29, 0.717) is 146 Å². The molecule has 0 saturated heterocycles. The van der Waals surface area contributed by atoms with Crippen LogP contribution in [0.15, 0.2) is 164 Å². The summed E-state index contributed by atoms with van der Waals surface area (Å²) in [4.78, 5) is 25.1. The Kier molecular flexibility index (Phi) is 12.1. The van der Waals surface area contributed by atoms with Gasteiger partial charge in [0, 0.05) is 55.2 Å². The van der Waals surface area contributed by atoms with Gasteiger partial charge in [-0.05, 0) is 174 Å². The van der Waals surface area contributed by atoms with Crippen molar-refractivity contribution in [3.63, 3.8) is 0 Å². The maximum atomic E-state index is 11.3. The van der Waals surface area contributed by atoms with Crippen molar-refractivity contribution < 1.29 is 0 Å². The number of hydrogen-bond donors (Lipinski definition) is 0. The Balaban J connectivity index is 1.27. The highest BCUT2D eigenvalue weighted by molar-refractivity contribution is 6.14. The van der Waals surface area contributed by atoms with Crippen molar-refractivity contribution >= 4 is 66.4 Å². The monoisotopic (exact) mass is 1040 g/mol. The molecule has 0 fully saturated rings.